The van der Waals surface area contributed by atoms with E-state index >= 15 is 0 Å². The Morgan fingerprint density at radius 3 is 2.24 bits per heavy atom. The number of hydrogen-bond donors (Lipinski definition) is 2. The third-order valence-electron chi connectivity index (χ3n) is 8.06. The average Bonchev–Trinajstić information content (AvgIpc) is 3.25. The number of amides is 2. The summed E-state index contributed by atoms with van der Waals surface area (Å²) in [7, 11) is 1.70. The molecular formula is C24H35N3O2. The smallest absolute Gasteiger partial charge is 0.315 e. The van der Waals surface area contributed by atoms with Crippen molar-refractivity contribution in [2.75, 3.05) is 26.7 Å². The molecule has 6 rings (SSSR count). The van der Waals surface area contributed by atoms with Crippen LogP contribution >= 0.6 is 0 Å². The van der Waals surface area contributed by atoms with E-state index in [1.807, 2.05) is 12.1 Å². The molecule has 1 heterocycles. The van der Waals surface area contributed by atoms with Crippen LogP contribution in [0, 0.1) is 23.7 Å². The lowest BCUT2D eigenvalue weighted by Gasteiger charge is -2.54. The molecular weight excluding hydrogens is 362 g/mol. The second-order valence-electron chi connectivity index (χ2n) is 9.84. The highest BCUT2D eigenvalue weighted by molar-refractivity contribution is 5.74. The summed E-state index contributed by atoms with van der Waals surface area (Å²) in [5.74, 6) is 4.18. The summed E-state index contributed by atoms with van der Waals surface area (Å²) in [6, 6.07) is 8.97. The van der Waals surface area contributed by atoms with Crippen molar-refractivity contribution in [3.05, 3.63) is 29.8 Å². The molecule has 0 spiro atoms. The van der Waals surface area contributed by atoms with Gasteiger partial charge >= 0.3 is 6.03 Å². The number of likely N-dealkylation sites (tertiary alicyclic amines) is 1. The summed E-state index contributed by atoms with van der Waals surface area (Å²) in [6.07, 6.45) is 9.27. The first-order valence-electron chi connectivity index (χ1n) is 11.6. The minimum absolute atomic E-state index is 0.0279. The van der Waals surface area contributed by atoms with Crippen molar-refractivity contribution < 1.29 is 9.53 Å². The van der Waals surface area contributed by atoms with Crippen LogP contribution in [-0.4, -0.2) is 43.7 Å². The standard InChI is InChI=1S/C24H35N3O2/c1-29-21-6-4-18(5-7-21)22(27-8-2-3-9-27)15-25-24(28)26-23-19-11-16-10-17(13-19)14-20(23)12-16/h4-7,16-17,19-20,22-23H,2-3,8-15H2,1H3,(H2,25,26,28). The van der Waals surface area contributed by atoms with Crippen LogP contribution in [0.2, 0.25) is 0 Å². The molecule has 5 fully saturated rings. The van der Waals surface area contributed by atoms with Crippen molar-refractivity contribution in [3.8, 4) is 5.75 Å². The van der Waals surface area contributed by atoms with Crippen molar-refractivity contribution in [3.63, 3.8) is 0 Å². The van der Waals surface area contributed by atoms with Crippen molar-refractivity contribution in [2.45, 2.75) is 57.0 Å². The van der Waals surface area contributed by atoms with Gasteiger partial charge in [0.25, 0.3) is 0 Å². The van der Waals surface area contributed by atoms with Gasteiger partial charge in [-0.2, -0.15) is 0 Å². The lowest BCUT2D eigenvalue weighted by Crippen LogP contribution is -2.57. The van der Waals surface area contributed by atoms with E-state index in [2.05, 4.69) is 27.7 Å². The van der Waals surface area contributed by atoms with E-state index < -0.39 is 0 Å². The maximum atomic E-state index is 12.8. The van der Waals surface area contributed by atoms with Gasteiger partial charge in [-0.15, -0.1) is 0 Å². The number of urea groups is 1. The van der Waals surface area contributed by atoms with Gasteiger partial charge in [-0.25, -0.2) is 4.79 Å². The summed E-state index contributed by atoms with van der Waals surface area (Å²) in [6.45, 7) is 2.87. The molecule has 0 radical (unpaired) electrons. The van der Waals surface area contributed by atoms with Crippen LogP contribution in [0.1, 0.15) is 56.6 Å². The number of methoxy groups -OCH3 is 1. The zero-order valence-electron chi connectivity index (χ0n) is 17.6. The van der Waals surface area contributed by atoms with Gasteiger partial charge in [0.1, 0.15) is 5.75 Å². The third-order valence-corrected chi connectivity index (χ3v) is 8.06. The molecule has 4 bridgehead atoms. The van der Waals surface area contributed by atoms with E-state index in [1.165, 1.54) is 50.5 Å². The van der Waals surface area contributed by atoms with Crippen LogP contribution in [0.25, 0.3) is 0 Å². The molecule has 1 atom stereocenters. The van der Waals surface area contributed by atoms with E-state index in [9.17, 15) is 4.79 Å². The average molecular weight is 398 g/mol. The first kappa shape index (κ1) is 19.2. The summed E-state index contributed by atoms with van der Waals surface area (Å²) in [5.41, 5.74) is 1.25. The molecule has 4 saturated carbocycles. The molecule has 5 aliphatic rings. The van der Waals surface area contributed by atoms with Gasteiger partial charge in [-0.1, -0.05) is 12.1 Å². The Morgan fingerprint density at radius 2 is 1.66 bits per heavy atom. The quantitative estimate of drug-likeness (QED) is 0.764. The highest BCUT2D eigenvalue weighted by atomic mass is 16.5. The Kier molecular flexibility index (Phi) is 5.42. The lowest BCUT2D eigenvalue weighted by atomic mass is 9.54. The number of benzene rings is 1. The van der Waals surface area contributed by atoms with Gasteiger partial charge in [0.05, 0.1) is 13.2 Å². The predicted molar refractivity (Wildman–Crippen MR) is 114 cm³/mol. The lowest BCUT2D eigenvalue weighted by molar-refractivity contribution is -0.00946. The van der Waals surface area contributed by atoms with Crippen LogP contribution in [0.4, 0.5) is 4.79 Å². The monoisotopic (exact) mass is 397 g/mol. The fourth-order valence-corrected chi connectivity index (χ4v) is 6.89. The molecule has 1 aromatic rings. The number of rotatable bonds is 6. The SMILES string of the molecule is COc1ccc(C(CNC(=O)NC2C3CC4CC(C3)CC2C4)N2CCCC2)cc1. The molecule has 4 aliphatic carbocycles. The van der Waals surface area contributed by atoms with Crippen LogP contribution < -0.4 is 15.4 Å². The highest BCUT2D eigenvalue weighted by Crippen LogP contribution is 2.53. The molecule has 1 saturated heterocycles. The number of carbonyl (C=O) groups is 1. The fourth-order valence-electron chi connectivity index (χ4n) is 6.89. The minimum Gasteiger partial charge on any atom is -0.497 e. The number of carbonyl (C=O) groups excluding carboxylic acids is 1. The van der Waals surface area contributed by atoms with Crippen molar-refractivity contribution in [1.82, 2.24) is 15.5 Å². The molecule has 5 heteroatoms. The van der Waals surface area contributed by atoms with E-state index in [0.29, 0.717) is 24.4 Å². The second-order valence-corrected chi connectivity index (χ2v) is 9.84. The number of nitrogens with zero attached hydrogens (tertiary/aromatic N) is 1. The Labute approximate surface area is 174 Å². The summed E-state index contributed by atoms with van der Waals surface area (Å²) >= 11 is 0. The molecule has 1 aromatic carbocycles. The fraction of sp³-hybridized carbons (Fsp3) is 0.708. The van der Waals surface area contributed by atoms with Gasteiger partial charge in [0.2, 0.25) is 0 Å². The maximum Gasteiger partial charge on any atom is 0.315 e. The Balaban J connectivity index is 1.21. The summed E-state index contributed by atoms with van der Waals surface area (Å²) < 4.78 is 5.31. The first-order chi connectivity index (χ1) is 14.2. The number of nitrogens with one attached hydrogen (secondary N) is 2. The second kappa shape index (κ2) is 8.17. The topological polar surface area (TPSA) is 53.6 Å². The Bertz CT molecular complexity index is 685. The van der Waals surface area contributed by atoms with Crippen molar-refractivity contribution >= 4 is 6.03 Å². The van der Waals surface area contributed by atoms with E-state index in [4.69, 9.17) is 4.74 Å². The summed E-state index contributed by atoms with van der Waals surface area (Å²) in [4.78, 5) is 15.3. The van der Waals surface area contributed by atoms with E-state index in [-0.39, 0.29) is 12.1 Å². The molecule has 158 valence electrons. The van der Waals surface area contributed by atoms with E-state index in [0.717, 1.165) is 30.7 Å². The molecule has 2 amide bonds. The Hall–Kier alpha value is -1.75. The molecule has 5 nitrogen and oxygen atoms in total. The van der Waals surface area contributed by atoms with Gasteiger partial charge in [-0.3, -0.25) is 4.90 Å². The van der Waals surface area contributed by atoms with Gasteiger partial charge in [-0.05, 0) is 99.4 Å². The first-order valence-corrected chi connectivity index (χ1v) is 11.6. The molecule has 0 aromatic heterocycles. The highest BCUT2D eigenvalue weighted by Gasteiger charge is 2.48. The predicted octanol–water partition coefficient (Wildman–Crippen LogP) is 3.96. The zero-order chi connectivity index (χ0) is 19.8. The van der Waals surface area contributed by atoms with Crippen LogP contribution in [-0.2, 0) is 0 Å². The zero-order valence-corrected chi connectivity index (χ0v) is 17.6. The molecule has 1 aliphatic heterocycles. The summed E-state index contributed by atoms with van der Waals surface area (Å²) in [5, 5.41) is 6.61. The maximum absolute atomic E-state index is 12.8. The van der Waals surface area contributed by atoms with Crippen molar-refractivity contribution in [1.29, 1.82) is 0 Å². The normalized spacial score (nSPS) is 34.2. The van der Waals surface area contributed by atoms with E-state index in [1.54, 1.807) is 7.11 Å². The van der Waals surface area contributed by atoms with Crippen LogP contribution in [0.3, 0.4) is 0 Å². The number of hydrogen-bond acceptors (Lipinski definition) is 3. The van der Waals surface area contributed by atoms with Crippen LogP contribution in [0.15, 0.2) is 24.3 Å². The van der Waals surface area contributed by atoms with Crippen LogP contribution in [0.5, 0.6) is 5.75 Å². The largest absolute Gasteiger partial charge is 0.497 e. The Morgan fingerprint density at radius 1 is 1.03 bits per heavy atom. The minimum atomic E-state index is 0.0279. The molecule has 1 unspecified atom stereocenters. The number of ether oxygens (including phenoxy) is 1. The van der Waals surface area contributed by atoms with Gasteiger partial charge < -0.3 is 15.4 Å². The van der Waals surface area contributed by atoms with Crippen molar-refractivity contribution in [2.24, 2.45) is 23.7 Å². The third kappa shape index (κ3) is 3.98. The van der Waals surface area contributed by atoms with Gasteiger partial charge in [0.15, 0.2) is 0 Å². The van der Waals surface area contributed by atoms with Gasteiger partial charge in [0, 0.05) is 12.6 Å². The molecule has 29 heavy (non-hydrogen) atoms. The molecule has 2 N–H and O–H groups in total.